The molecule has 0 heterocycles. The second-order valence-corrected chi connectivity index (χ2v) is 12.4. The normalized spacial score (nSPS) is 20.0. The molecule has 0 bridgehead atoms. The summed E-state index contributed by atoms with van der Waals surface area (Å²) in [6.07, 6.45) is 2.60. The molecule has 0 fully saturated rings. The zero-order valence-electron chi connectivity index (χ0n) is 12.0. The van der Waals surface area contributed by atoms with Gasteiger partial charge in [0.05, 0.1) is 6.10 Å². The summed E-state index contributed by atoms with van der Waals surface area (Å²) in [6, 6.07) is 6.60. The van der Waals surface area contributed by atoms with Crippen LogP contribution in [0.5, 0.6) is 0 Å². The van der Waals surface area contributed by atoms with E-state index in [9.17, 15) is 0 Å². The van der Waals surface area contributed by atoms with Gasteiger partial charge in [-0.15, -0.1) is 0 Å². The van der Waals surface area contributed by atoms with Crippen LogP contribution in [0.4, 0.5) is 0 Å². The lowest BCUT2D eigenvalue weighted by Crippen LogP contribution is -2.41. The number of hydrogen-bond donors (Lipinski definition) is 0. The average Bonchev–Trinajstić information content (AvgIpc) is 2.59. The summed E-state index contributed by atoms with van der Waals surface area (Å²) in [5.74, 6) is 0. The summed E-state index contributed by atoms with van der Waals surface area (Å²) in [5, 5.41) is 0.280. The Labute approximate surface area is 120 Å². The standard InChI is InChI=1S/C15H23BrOSi/c1-15(2,3)18(4,5)17-14-9-7-11-6-8-12(16)10-13(11)14/h6,8,10,14H,7,9H2,1-5H3. The summed E-state index contributed by atoms with van der Waals surface area (Å²) in [7, 11) is -1.67. The van der Waals surface area contributed by atoms with Crippen molar-refractivity contribution in [2.24, 2.45) is 0 Å². The average molecular weight is 327 g/mol. The first kappa shape index (κ1) is 14.3. The van der Waals surface area contributed by atoms with Crippen molar-refractivity contribution >= 4 is 24.2 Å². The minimum absolute atomic E-state index is 0.280. The molecule has 0 saturated carbocycles. The van der Waals surface area contributed by atoms with Crippen LogP contribution in [-0.4, -0.2) is 8.32 Å². The first-order valence-electron chi connectivity index (χ1n) is 6.67. The predicted octanol–water partition coefficient (Wildman–Crippen LogP) is 5.46. The van der Waals surface area contributed by atoms with Crippen molar-refractivity contribution in [1.82, 2.24) is 0 Å². The van der Waals surface area contributed by atoms with E-state index in [1.54, 1.807) is 0 Å². The van der Waals surface area contributed by atoms with Gasteiger partial charge in [-0.1, -0.05) is 42.8 Å². The van der Waals surface area contributed by atoms with Gasteiger partial charge in [0.25, 0.3) is 0 Å². The van der Waals surface area contributed by atoms with Crippen molar-refractivity contribution < 1.29 is 4.43 Å². The van der Waals surface area contributed by atoms with E-state index < -0.39 is 8.32 Å². The summed E-state index contributed by atoms with van der Waals surface area (Å²) in [6.45, 7) is 11.6. The molecule has 100 valence electrons. The van der Waals surface area contributed by atoms with E-state index in [2.05, 4.69) is 68.0 Å². The molecule has 1 aliphatic carbocycles. The van der Waals surface area contributed by atoms with Gasteiger partial charge < -0.3 is 4.43 Å². The van der Waals surface area contributed by atoms with Crippen molar-refractivity contribution in [3.8, 4) is 0 Å². The molecule has 0 radical (unpaired) electrons. The van der Waals surface area contributed by atoms with Gasteiger partial charge in [0.15, 0.2) is 8.32 Å². The third-order valence-corrected chi connectivity index (χ3v) is 9.35. The molecule has 1 aromatic carbocycles. The van der Waals surface area contributed by atoms with Crippen molar-refractivity contribution in [3.05, 3.63) is 33.8 Å². The lowest BCUT2D eigenvalue weighted by atomic mass is 10.1. The summed E-state index contributed by atoms with van der Waals surface area (Å²) >= 11 is 3.57. The molecular formula is C15H23BrOSi. The fourth-order valence-electron chi connectivity index (χ4n) is 2.19. The van der Waals surface area contributed by atoms with Gasteiger partial charge in [0, 0.05) is 4.47 Å². The van der Waals surface area contributed by atoms with Crippen LogP contribution in [-0.2, 0) is 10.8 Å². The highest BCUT2D eigenvalue weighted by Gasteiger charge is 2.40. The Kier molecular flexibility index (Phi) is 3.78. The molecule has 0 aromatic heterocycles. The SMILES string of the molecule is CC(C)(C)[Si](C)(C)OC1CCc2ccc(Br)cc21. The van der Waals surface area contributed by atoms with Crippen LogP contribution in [0.3, 0.4) is 0 Å². The maximum Gasteiger partial charge on any atom is 0.192 e. The molecule has 18 heavy (non-hydrogen) atoms. The van der Waals surface area contributed by atoms with E-state index in [1.807, 2.05) is 0 Å². The minimum Gasteiger partial charge on any atom is -0.410 e. The van der Waals surface area contributed by atoms with Gasteiger partial charge >= 0.3 is 0 Å². The lowest BCUT2D eigenvalue weighted by molar-refractivity contribution is 0.185. The second-order valence-electron chi connectivity index (χ2n) is 6.75. The Morgan fingerprint density at radius 3 is 2.56 bits per heavy atom. The summed E-state index contributed by atoms with van der Waals surface area (Å²) < 4.78 is 7.72. The zero-order chi connectivity index (χ0) is 13.6. The Bertz CT molecular complexity index is 448. The maximum atomic E-state index is 6.56. The van der Waals surface area contributed by atoms with Crippen LogP contribution in [0.2, 0.25) is 18.1 Å². The number of fused-ring (bicyclic) bond motifs is 1. The maximum absolute atomic E-state index is 6.56. The van der Waals surface area contributed by atoms with Crippen molar-refractivity contribution in [3.63, 3.8) is 0 Å². The number of halogens is 1. The highest BCUT2D eigenvalue weighted by Crippen LogP contribution is 2.43. The minimum atomic E-state index is -1.67. The Hall–Kier alpha value is -0.123. The first-order valence-corrected chi connectivity index (χ1v) is 10.4. The fourth-order valence-corrected chi connectivity index (χ4v) is 3.88. The Morgan fingerprint density at radius 2 is 1.94 bits per heavy atom. The topological polar surface area (TPSA) is 9.23 Å². The van der Waals surface area contributed by atoms with Gasteiger partial charge in [-0.2, -0.15) is 0 Å². The van der Waals surface area contributed by atoms with Crippen molar-refractivity contribution in [2.75, 3.05) is 0 Å². The van der Waals surface area contributed by atoms with Crippen LogP contribution < -0.4 is 0 Å². The molecule has 1 atom stereocenters. The zero-order valence-corrected chi connectivity index (χ0v) is 14.6. The molecular weight excluding hydrogens is 304 g/mol. The van der Waals surface area contributed by atoms with Gasteiger partial charge in [0.1, 0.15) is 0 Å². The molecule has 0 amide bonds. The molecule has 0 spiro atoms. The summed E-state index contributed by atoms with van der Waals surface area (Å²) in [4.78, 5) is 0. The van der Waals surface area contributed by atoms with Crippen LogP contribution in [0, 0.1) is 0 Å². The third kappa shape index (κ3) is 2.73. The van der Waals surface area contributed by atoms with Crippen LogP contribution in [0.1, 0.15) is 44.4 Å². The van der Waals surface area contributed by atoms with Gasteiger partial charge in [-0.3, -0.25) is 0 Å². The van der Waals surface area contributed by atoms with E-state index in [0.29, 0.717) is 6.10 Å². The van der Waals surface area contributed by atoms with E-state index >= 15 is 0 Å². The monoisotopic (exact) mass is 326 g/mol. The van der Waals surface area contributed by atoms with Crippen molar-refractivity contribution in [1.29, 1.82) is 0 Å². The van der Waals surface area contributed by atoms with Crippen LogP contribution >= 0.6 is 15.9 Å². The van der Waals surface area contributed by atoms with E-state index in [-0.39, 0.29) is 5.04 Å². The van der Waals surface area contributed by atoms with Crippen LogP contribution in [0.15, 0.2) is 22.7 Å². The molecule has 1 aromatic rings. The molecule has 0 aliphatic heterocycles. The molecule has 1 nitrogen and oxygen atoms in total. The predicted molar refractivity (Wildman–Crippen MR) is 83.5 cm³/mol. The number of hydrogen-bond acceptors (Lipinski definition) is 1. The fraction of sp³-hybridized carbons (Fsp3) is 0.600. The molecule has 2 rings (SSSR count). The third-order valence-electron chi connectivity index (χ3n) is 4.37. The van der Waals surface area contributed by atoms with Gasteiger partial charge in [-0.25, -0.2) is 0 Å². The molecule has 0 saturated heterocycles. The van der Waals surface area contributed by atoms with E-state index in [1.165, 1.54) is 11.1 Å². The largest absolute Gasteiger partial charge is 0.410 e. The highest BCUT2D eigenvalue weighted by atomic mass is 79.9. The molecule has 1 unspecified atom stereocenters. The van der Waals surface area contributed by atoms with Crippen LogP contribution in [0.25, 0.3) is 0 Å². The van der Waals surface area contributed by atoms with Gasteiger partial charge in [-0.05, 0) is 54.2 Å². The quantitative estimate of drug-likeness (QED) is 0.656. The molecule has 1 aliphatic rings. The van der Waals surface area contributed by atoms with Crippen molar-refractivity contribution in [2.45, 2.75) is 57.8 Å². The Balaban J connectivity index is 2.22. The van der Waals surface area contributed by atoms with E-state index in [4.69, 9.17) is 4.43 Å². The van der Waals surface area contributed by atoms with E-state index in [0.717, 1.165) is 17.3 Å². The summed E-state index contributed by atoms with van der Waals surface area (Å²) in [5.41, 5.74) is 2.86. The highest BCUT2D eigenvalue weighted by molar-refractivity contribution is 9.10. The number of benzene rings is 1. The second kappa shape index (κ2) is 4.77. The number of aryl methyl sites for hydroxylation is 1. The molecule has 3 heteroatoms. The lowest BCUT2D eigenvalue weighted by Gasteiger charge is -2.38. The first-order chi connectivity index (χ1) is 8.21. The number of rotatable bonds is 2. The smallest absolute Gasteiger partial charge is 0.192 e. The Morgan fingerprint density at radius 1 is 1.28 bits per heavy atom. The van der Waals surface area contributed by atoms with Gasteiger partial charge in [0.2, 0.25) is 0 Å². The molecule has 0 N–H and O–H groups in total.